The van der Waals surface area contributed by atoms with Gasteiger partial charge in [-0.2, -0.15) is 4.31 Å². The predicted molar refractivity (Wildman–Crippen MR) is 139 cm³/mol. The van der Waals surface area contributed by atoms with Gasteiger partial charge < -0.3 is 10.6 Å². The Bertz CT molecular complexity index is 1420. The van der Waals surface area contributed by atoms with Crippen LogP contribution < -0.4 is 10.6 Å². The SMILES string of the molecule is Cc1ccc(NC(=O)c2ccccc2NC(=O)C2CCCN2S(C)(=O)=O)c(C(=O)c2ccccc2)c1. The zero-order chi connectivity index (χ0) is 25.9. The number of rotatable bonds is 7. The van der Waals surface area contributed by atoms with Crippen molar-refractivity contribution in [2.45, 2.75) is 25.8 Å². The van der Waals surface area contributed by atoms with Crippen LogP contribution in [0.15, 0.2) is 72.8 Å². The van der Waals surface area contributed by atoms with Gasteiger partial charge in [0.2, 0.25) is 15.9 Å². The average molecular weight is 506 g/mol. The van der Waals surface area contributed by atoms with Crippen molar-refractivity contribution in [2.24, 2.45) is 0 Å². The number of ketones is 1. The van der Waals surface area contributed by atoms with E-state index in [9.17, 15) is 22.8 Å². The molecule has 3 aromatic rings. The van der Waals surface area contributed by atoms with Crippen molar-refractivity contribution in [1.82, 2.24) is 4.31 Å². The summed E-state index contributed by atoms with van der Waals surface area (Å²) in [5, 5.41) is 5.52. The molecule has 1 unspecified atom stereocenters. The minimum absolute atomic E-state index is 0.188. The fourth-order valence-electron chi connectivity index (χ4n) is 4.29. The summed E-state index contributed by atoms with van der Waals surface area (Å²) in [4.78, 5) is 39.4. The van der Waals surface area contributed by atoms with E-state index in [1.165, 1.54) is 4.31 Å². The number of hydrogen-bond donors (Lipinski definition) is 2. The topological polar surface area (TPSA) is 113 Å². The molecule has 4 rings (SSSR count). The van der Waals surface area contributed by atoms with E-state index in [0.29, 0.717) is 29.7 Å². The van der Waals surface area contributed by atoms with Crippen molar-refractivity contribution in [1.29, 1.82) is 0 Å². The molecule has 0 bridgehead atoms. The minimum Gasteiger partial charge on any atom is -0.324 e. The maximum atomic E-state index is 13.3. The van der Waals surface area contributed by atoms with Crippen molar-refractivity contribution in [3.63, 3.8) is 0 Å². The van der Waals surface area contributed by atoms with E-state index in [1.807, 2.05) is 13.0 Å². The van der Waals surface area contributed by atoms with Crippen LogP contribution in [0.25, 0.3) is 0 Å². The monoisotopic (exact) mass is 505 g/mol. The highest BCUT2D eigenvalue weighted by molar-refractivity contribution is 7.88. The smallest absolute Gasteiger partial charge is 0.257 e. The number of carbonyl (C=O) groups excluding carboxylic acids is 3. The molecule has 8 nitrogen and oxygen atoms in total. The number of hydrogen-bond acceptors (Lipinski definition) is 5. The highest BCUT2D eigenvalue weighted by Gasteiger charge is 2.36. The van der Waals surface area contributed by atoms with Crippen molar-refractivity contribution in [3.05, 3.63) is 95.1 Å². The van der Waals surface area contributed by atoms with Gasteiger partial charge in [0, 0.05) is 17.7 Å². The molecule has 0 spiro atoms. The second kappa shape index (κ2) is 10.4. The van der Waals surface area contributed by atoms with Gasteiger partial charge in [0.25, 0.3) is 5.91 Å². The largest absolute Gasteiger partial charge is 0.324 e. The predicted octanol–water partition coefficient (Wildman–Crippen LogP) is 3.84. The molecule has 36 heavy (non-hydrogen) atoms. The van der Waals surface area contributed by atoms with Gasteiger partial charge in [-0.3, -0.25) is 14.4 Å². The standard InChI is InChI=1S/C27H27N3O5S/c1-18-14-15-23(21(17-18)25(31)19-9-4-3-5-10-19)28-26(32)20-11-6-7-12-22(20)29-27(33)24-13-8-16-30(24)36(2,34)35/h3-7,9-12,14-15,17,24H,8,13,16H2,1-2H3,(H,28,32)(H,29,33). The number of para-hydroxylation sites is 1. The maximum absolute atomic E-state index is 13.3. The summed E-state index contributed by atoms with van der Waals surface area (Å²) in [6, 6.07) is 19.6. The number of nitrogens with zero attached hydrogens (tertiary/aromatic N) is 1. The Balaban J connectivity index is 1.58. The summed E-state index contributed by atoms with van der Waals surface area (Å²) in [6.07, 6.45) is 2.07. The molecule has 1 fully saturated rings. The van der Waals surface area contributed by atoms with Crippen LogP contribution in [0.4, 0.5) is 11.4 Å². The summed E-state index contributed by atoms with van der Waals surface area (Å²) in [6.45, 7) is 2.14. The zero-order valence-electron chi connectivity index (χ0n) is 20.0. The molecule has 0 saturated carbocycles. The number of carbonyl (C=O) groups is 3. The van der Waals surface area contributed by atoms with E-state index in [0.717, 1.165) is 11.8 Å². The van der Waals surface area contributed by atoms with Crippen LogP contribution >= 0.6 is 0 Å². The lowest BCUT2D eigenvalue weighted by Crippen LogP contribution is -2.42. The first kappa shape index (κ1) is 25.3. The Labute approximate surface area is 210 Å². The number of anilines is 2. The molecule has 1 aliphatic heterocycles. The Morgan fingerprint density at radius 2 is 1.53 bits per heavy atom. The van der Waals surface area contributed by atoms with Crippen molar-refractivity contribution >= 4 is 39.0 Å². The lowest BCUT2D eigenvalue weighted by molar-refractivity contribution is -0.119. The molecule has 0 radical (unpaired) electrons. The van der Waals surface area contributed by atoms with Crippen LogP contribution in [-0.2, 0) is 14.8 Å². The third-order valence-corrected chi connectivity index (χ3v) is 7.35. The molecule has 1 saturated heterocycles. The van der Waals surface area contributed by atoms with Crippen LogP contribution in [0.2, 0.25) is 0 Å². The highest BCUT2D eigenvalue weighted by Crippen LogP contribution is 2.25. The first-order valence-corrected chi connectivity index (χ1v) is 13.4. The summed E-state index contributed by atoms with van der Waals surface area (Å²) >= 11 is 0. The Morgan fingerprint density at radius 1 is 0.861 bits per heavy atom. The van der Waals surface area contributed by atoms with Crippen LogP contribution in [-0.4, -0.2) is 49.2 Å². The van der Waals surface area contributed by atoms with E-state index in [2.05, 4.69) is 10.6 Å². The maximum Gasteiger partial charge on any atom is 0.257 e. The van der Waals surface area contributed by atoms with Gasteiger partial charge in [0.05, 0.1) is 23.2 Å². The third kappa shape index (κ3) is 5.53. The Morgan fingerprint density at radius 3 is 2.25 bits per heavy atom. The Hall–Kier alpha value is -3.82. The second-order valence-corrected chi connectivity index (χ2v) is 10.7. The molecule has 1 aliphatic rings. The molecule has 2 amide bonds. The lowest BCUT2D eigenvalue weighted by Gasteiger charge is -2.22. The van der Waals surface area contributed by atoms with E-state index >= 15 is 0 Å². The van der Waals surface area contributed by atoms with Gasteiger partial charge in [-0.15, -0.1) is 0 Å². The van der Waals surface area contributed by atoms with Gasteiger partial charge in [-0.25, -0.2) is 8.42 Å². The number of amides is 2. The second-order valence-electron chi connectivity index (χ2n) is 8.76. The normalized spacial score (nSPS) is 15.9. The third-order valence-electron chi connectivity index (χ3n) is 6.07. The Kier molecular flexibility index (Phi) is 7.32. The summed E-state index contributed by atoms with van der Waals surface area (Å²) in [7, 11) is -3.53. The minimum atomic E-state index is -3.53. The lowest BCUT2D eigenvalue weighted by atomic mass is 9.99. The molecular weight excluding hydrogens is 478 g/mol. The molecule has 0 aliphatic carbocycles. The summed E-state index contributed by atoms with van der Waals surface area (Å²) in [5.74, 6) is -1.23. The molecule has 9 heteroatoms. The van der Waals surface area contributed by atoms with Crippen molar-refractivity contribution < 1.29 is 22.8 Å². The number of nitrogens with one attached hydrogen (secondary N) is 2. The van der Waals surface area contributed by atoms with Crippen molar-refractivity contribution in [2.75, 3.05) is 23.4 Å². The number of benzene rings is 3. The molecule has 1 atom stereocenters. The van der Waals surface area contributed by atoms with Crippen LogP contribution in [0.1, 0.15) is 44.7 Å². The van der Waals surface area contributed by atoms with Gasteiger partial charge >= 0.3 is 0 Å². The van der Waals surface area contributed by atoms with Gasteiger partial charge in [-0.1, -0.05) is 54.1 Å². The summed E-state index contributed by atoms with van der Waals surface area (Å²) in [5.41, 5.74) is 2.51. The van der Waals surface area contributed by atoms with E-state index in [1.54, 1.807) is 66.7 Å². The quantitative estimate of drug-likeness (QED) is 0.474. The highest BCUT2D eigenvalue weighted by atomic mass is 32.2. The number of sulfonamides is 1. The number of aryl methyl sites for hydroxylation is 1. The fraction of sp³-hybridized carbons (Fsp3) is 0.222. The molecule has 186 valence electrons. The van der Waals surface area contributed by atoms with Crippen LogP contribution in [0.3, 0.4) is 0 Å². The zero-order valence-corrected chi connectivity index (χ0v) is 20.8. The average Bonchev–Trinajstić information content (AvgIpc) is 3.37. The first-order valence-electron chi connectivity index (χ1n) is 11.5. The van der Waals surface area contributed by atoms with E-state index in [4.69, 9.17) is 0 Å². The molecule has 3 aromatic carbocycles. The van der Waals surface area contributed by atoms with Crippen LogP contribution in [0.5, 0.6) is 0 Å². The van der Waals surface area contributed by atoms with E-state index in [-0.39, 0.29) is 23.6 Å². The van der Waals surface area contributed by atoms with Gasteiger partial charge in [0.1, 0.15) is 6.04 Å². The molecule has 2 N–H and O–H groups in total. The van der Waals surface area contributed by atoms with Gasteiger partial charge in [0.15, 0.2) is 5.78 Å². The fourth-order valence-corrected chi connectivity index (χ4v) is 5.42. The van der Waals surface area contributed by atoms with Gasteiger partial charge in [-0.05, 0) is 44.0 Å². The van der Waals surface area contributed by atoms with E-state index < -0.39 is 27.9 Å². The first-order chi connectivity index (χ1) is 17.1. The molecule has 0 aromatic heterocycles. The van der Waals surface area contributed by atoms with Crippen molar-refractivity contribution in [3.8, 4) is 0 Å². The summed E-state index contributed by atoms with van der Waals surface area (Å²) < 4.78 is 25.3. The van der Waals surface area contributed by atoms with Crippen LogP contribution in [0, 0.1) is 6.92 Å². The molecule has 1 heterocycles. The molecular formula is C27H27N3O5S.